The zero-order valence-corrected chi connectivity index (χ0v) is 15.5. The number of hydrogen-bond donors (Lipinski definition) is 2. The number of carbonyl (C=O) groups excluding carboxylic acids is 1. The fourth-order valence-corrected chi connectivity index (χ4v) is 2.82. The predicted octanol–water partition coefficient (Wildman–Crippen LogP) is 0.701. The van der Waals surface area contributed by atoms with Crippen molar-refractivity contribution in [2.45, 2.75) is 20.4 Å². The minimum Gasteiger partial charge on any atom is -0.384 e. The second-order valence-corrected chi connectivity index (χ2v) is 6.29. The van der Waals surface area contributed by atoms with E-state index >= 15 is 0 Å². The third-order valence-electron chi connectivity index (χ3n) is 4.07. The summed E-state index contributed by atoms with van der Waals surface area (Å²) in [7, 11) is 3.25. The number of ether oxygens (including phenoxy) is 1. The number of methoxy groups -OCH3 is 1. The molecule has 0 unspecified atom stereocenters. The molecule has 1 heterocycles. The lowest BCUT2D eigenvalue weighted by Crippen LogP contribution is -2.39. The normalized spacial score (nSPS) is 10.8. The first-order valence-electron chi connectivity index (χ1n) is 8.18. The number of hydrogen-bond acceptors (Lipinski definition) is 6. The maximum absolute atomic E-state index is 12.7. The molecule has 140 valence electrons. The third kappa shape index (κ3) is 4.20. The van der Waals surface area contributed by atoms with Crippen molar-refractivity contribution in [2.24, 2.45) is 0 Å². The van der Waals surface area contributed by atoms with Gasteiger partial charge in [-0.25, -0.2) is 4.79 Å². The van der Waals surface area contributed by atoms with Crippen LogP contribution in [0.5, 0.6) is 0 Å². The van der Waals surface area contributed by atoms with Gasteiger partial charge in [0, 0.05) is 19.8 Å². The Kier molecular flexibility index (Phi) is 5.99. The molecule has 0 radical (unpaired) electrons. The Morgan fingerprint density at radius 1 is 1.23 bits per heavy atom. The van der Waals surface area contributed by atoms with Gasteiger partial charge in [0.25, 0.3) is 5.56 Å². The number of nitrogens with one attached hydrogen (secondary N) is 1. The molecule has 0 amide bonds. The molecular formula is C18H24N4O4. The highest BCUT2D eigenvalue weighted by molar-refractivity contribution is 6.02. The monoisotopic (exact) mass is 360 g/mol. The number of nitrogen functional groups attached to an aromatic ring is 1. The quantitative estimate of drug-likeness (QED) is 0.703. The van der Waals surface area contributed by atoms with Crippen molar-refractivity contribution >= 4 is 17.3 Å². The summed E-state index contributed by atoms with van der Waals surface area (Å²) < 4.78 is 6.06. The van der Waals surface area contributed by atoms with E-state index in [0.717, 1.165) is 21.4 Å². The maximum atomic E-state index is 12.7. The summed E-state index contributed by atoms with van der Waals surface area (Å²) in [6.45, 7) is 4.27. The number of Topliss-reactive ketones (excluding diaryl/α,β-unsaturated/α-hetero) is 1. The number of H-pyrrole nitrogens is 1. The van der Waals surface area contributed by atoms with E-state index in [1.165, 1.54) is 7.11 Å². The second kappa shape index (κ2) is 8.01. The van der Waals surface area contributed by atoms with E-state index in [0.29, 0.717) is 0 Å². The lowest BCUT2D eigenvalue weighted by Gasteiger charge is -2.20. The van der Waals surface area contributed by atoms with Gasteiger partial charge >= 0.3 is 5.69 Å². The van der Waals surface area contributed by atoms with Crippen molar-refractivity contribution in [3.05, 3.63) is 55.7 Å². The Morgan fingerprint density at radius 3 is 2.42 bits per heavy atom. The summed E-state index contributed by atoms with van der Waals surface area (Å²) in [5, 5.41) is 0. The van der Waals surface area contributed by atoms with Crippen molar-refractivity contribution in [3.63, 3.8) is 0 Å². The SMILES string of the molecule is COCCn1c(N)c(C(=O)CN(C)c2cc(C)cc(C)c2)c(=O)[nH]c1=O. The van der Waals surface area contributed by atoms with E-state index in [1.54, 1.807) is 11.9 Å². The molecule has 0 fully saturated rings. The molecule has 1 aromatic heterocycles. The molecule has 0 aliphatic carbocycles. The standard InChI is InChI=1S/C18H24N4O4/c1-11-7-12(2)9-13(8-11)21(3)10-14(23)15-16(19)22(5-6-26-4)18(25)20-17(15)24/h7-9H,5-6,10,19H2,1-4H3,(H,20,24,25). The smallest absolute Gasteiger partial charge is 0.330 e. The van der Waals surface area contributed by atoms with Gasteiger partial charge in [0.2, 0.25) is 0 Å². The molecule has 0 saturated heterocycles. The summed E-state index contributed by atoms with van der Waals surface area (Å²) in [6, 6.07) is 5.94. The fourth-order valence-electron chi connectivity index (χ4n) is 2.82. The van der Waals surface area contributed by atoms with Gasteiger partial charge in [-0.1, -0.05) is 6.07 Å². The van der Waals surface area contributed by atoms with Gasteiger partial charge in [-0.15, -0.1) is 0 Å². The van der Waals surface area contributed by atoms with Gasteiger partial charge in [-0.3, -0.25) is 19.1 Å². The Hall–Kier alpha value is -2.87. The zero-order chi connectivity index (χ0) is 19.4. The van der Waals surface area contributed by atoms with Crippen molar-refractivity contribution < 1.29 is 9.53 Å². The van der Waals surface area contributed by atoms with Crippen LogP contribution in [0.3, 0.4) is 0 Å². The first-order valence-corrected chi connectivity index (χ1v) is 8.18. The van der Waals surface area contributed by atoms with Gasteiger partial charge in [0.05, 0.1) is 19.7 Å². The van der Waals surface area contributed by atoms with Crippen LogP contribution in [0, 0.1) is 13.8 Å². The highest BCUT2D eigenvalue weighted by Gasteiger charge is 2.20. The molecule has 0 spiro atoms. The average Bonchev–Trinajstić information content (AvgIpc) is 2.53. The van der Waals surface area contributed by atoms with Gasteiger partial charge in [0.1, 0.15) is 11.4 Å². The largest absolute Gasteiger partial charge is 0.384 e. The molecule has 8 nitrogen and oxygen atoms in total. The molecule has 3 N–H and O–H groups in total. The Balaban J connectivity index is 2.34. The van der Waals surface area contributed by atoms with Crippen LogP contribution < -0.4 is 21.9 Å². The third-order valence-corrected chi connectivity index (χ3v) is 4.07. The molecule has 2 aromatic rings. The van der Waals surface area contributed by atoms with Crippen molar-refractivity contribution in [1.82, 2.24) is 9.55 Å². The summed E-state index contributed by atoms with van der Waals surface area (Å²) in [6.07, 6.45) is 0. The number of aryl methyl sites for hydroxylation is 2. The number of likely N-dealkylation sites (N-methyl/N-ethyl adjacent to an activating group) is 1. The van der Waals surface area contributed by atoms with Crippen molar-refractivity contribution in [1.29, 1.82) is 0 Å². The van der Waals surface area contributed by atoms with Crippen LogP contribution in [0.2, 0.25) is 0 Å². The number of rotatable bonds is 7. The number of benzene rings is 1. The Morgan fingerprint density at radius 2 is 1.85 bits per heavy atom. The topological polar surface area (TPSA) is 110 Å². The zero-order valence-electron chi connectivity index (χ0n) is 15.5. The number of nitrogens with two attached hydrogens (primary N) is 1. The fraction of sp³-hybridized carbons (Fsp3) is 0.389. The lowest BCUT2D eigenvalue weighted by atomic mass is 10.1. The molecule has 0 bridgehead atoms. The van der Waals surface area contributed by atoms with E-state index in [1.807, 2.05) is 32.0 Å². The number of anilines is 2. The highest BCUT2D eigenvalue weighted by Crippen LogP contribution is 2.18. The molecular weight excluding hydrogens is 336 g/mol. The van der Waals surface area contributed by atoms with Crippen LogP contribution in [0.25, 0.3) is 0 Å². The molecule has 0 aliphatic heterocycles. The summed E-state index contributed by atoms with van der Waals surface area (Å²) >= 11 is 0. The molecule has 0 atom stereocenters. The Bertz CT molecular complexity index is 910. The average molecular weight is 360 g/mol. The number of ketones is 1. The van der Waals surface area contributed by atoms with Crippen LogP contribution >= 0.6 is 0 Å². The van der Waals surface area contributed by atoms with Gasteiger partial charge in [0.15, 0.2) is 5.78 Å². The number of aromatic amines is 1. The van der Waals surface area contributed by atoms with Crippen molar-refractivity contribution in [3.8, 4) is 0 Å². The van der Waals surface area contributed by atoms with E-state index in [-0.39, 0.29) is 31.1 Å². The minimum absolute atomic E-state index is 0.0430. The van der Waals surface area contributed by atoms with E-state index in [9.17, 15) is 14.4 Å². The molecule has 2 rings (SSSR count). The lowest BCUT2D eigenvalue weighted by molar-refractivity contribution is 0.0998. The van der Waals surface area contributed by atoms with Crippen LogP contribution in [0.4, 0.5) is 11.5 Å². The highest BCUT2D eigenvalue weighted by atomic mass is 16.5. The van der Waals surface area contributed by atoms with Crippen LogP contribution in [0.1, 0.15) is 21.5 Å². The van der Waals surface area contributed by atoms with E-state index in [4.69, 9.17) is 10.5 Å². The summed E-state index contributed by atoms with van der Waals surface area (Å²) in [5.41, 5.74) is 7.29. The van der Waals surface area contributed by atoms with Crippen LogP contribution in [-0.4, -0.2) is 42.6 Å². The van der Waals surface area contributed by atoms with Crippen molar-refractivity contribution in [2.75, 3.05) is 37.9 Å². The number of aromatic nitrogens is 2. The molecule has 26 heavy (non-hydrogen) atoms. The molecule has 0 saturated carbocycles. The second-order valence-electron chi connectivity index (χ2n) is 6.29. The first-order chi connectivity index (χ1) is 12.2. The summed E-state index contributed by atoms with van der Waals surface area (Å²) in [5.74, 6) is -0.605. The maximum Gasteiger partial charge on any atom is 0.330 e. The van der Waals surface area contributed by atoms with Gasteiger partial charge < -0.3 is 15.4 Å². The van der Waals surface area contributed by atoms with Crippen LogP contribution in [0.15, 0.2) is 27.8 Å². The first kappa shape index (κ1) is 19.5. The molecule has 0 aliphatic rings. The number of carbonyl (C=O) groups is 1. The number of nitrogens with zero attached hydrogens (tertiary/aromatic N) is 2. The van der Waals surface area contributed by atoms with Gasteiger partial charge in [-0.05, 0) is 37.1 Å². The van der Waals surface area contributed by atoms with Crippen LogP contribution in [-0.2, 0) is 11.3 Å². The summed E-state index contributed by atoms with van der Waals surface area (Å²) in [4.78, 5) is 40.6. The Labute approximate surface area is 151 Å². The minimum atomic E-state index is -0.778. The van der Waals surface area contributed by atoms with E-state index < -0.39 is 17.0 Å². The molecule has 1 aromatic carbocycles. The van der Waals surface area contributed by atoms with E-state index in [2.05, 4.69) is 4.98 Å². The van der Waals surface area contributed by atoms with Gasteiger partial charge in [-0.2, -0.15) is 0 Å². The predicted molar refractivity (Wildman–Crippen MR) is 101 cm³/mol. The molecule has 8 heteroatoms.